The molecular formula is C19H18N6. The third-order valence-corrected chi connectivity index (χ3v) is 4.04. The van der Waals surface area contributed by atoms with E-state index in [1.807, 2.05) is 6.07 Å². The molecule has 124 valence electrons. The predicted octanol–water partition coefficient (Wildman–Crippen LogP) is 3.28. The third-order valence-electron chi connectivity index (χ3n) is 4.04. The Morgan fingerprint density at radius 2 is 1.64 bits per heavy atom. The molecule has 6 heteroatoms. The highest BCUT2D eigenvalue weighted by Gasteiger charge is 2.05. The summed E-state index contributed by atoms with van der Waals surface area (Å²) in [5, 5.41) is 10.1. The zero-order chi connectivity index (χ0) is 17.1. The number of hydrogen-bond donors (Lipinski definition) is 3. The molecule has 2 aromatic carbocycles. The summed E-state index contributed by atoms with van der Waals surface area (Å²) in [6, 6.07) is 18.3. The second-order valence-electron chi connectivity index (χ2n) is 5.71. The van der Waals surface area contributed by atoms with Crippen LogP contribution in [0.1, 0.15) is 0 Å². The molecule has 0 saturated carbocycles. The Balaban J connectivity index is 1.45. The van der Waals surface area contributed by atoms with Gasteiger partial charge in [-0.2, -0.15) is 0 Å². The average molecular weight is 330 g/mol. The minimum Gasteiger partial charge on any atom is -0.384 e. The summed E-state index contributed by atoms with van der Waals surface area (Å²) >= 11 is 0. The molecule has 0 saturated heterocycles. The second-order valence-corrected chi connectivity index (χ2v) is 5.71. The molecule has 0 fully saturated rings. The van der Waals surface area contributed by atoms with Crippen molar-refractivity contribution in [2.24, 2.45) is 0 Å². The fourth-order valence-electron chi connectivity index (χ4n) is 2.86. The van der Waals surface area contributed by atoms with Crippen LogP contribution < -0.4 is 16.4 Å². The van der Waals surface area contributed by atoms with Crippen molar-refractivity contribution in [3.05, 3.63) is 60.9 Å². The zero-order valence-electron chi connectivity index (χ0n) is 13.6. The smallest absolute Gasteiger partial charge is 0.166 e. The van der Waals surface area contributed by atoms with Gasteiger partial charge in [-0.15, -0.1) is 0 Å². The van der Waals surface area contributed by atoms with E-state index in [1.165, 1.54) is 17.1 Å². The van der Waals surface area contributed by atoms with Crippen LogP contribution in [0.5, 0.6) is 0 Å². The number of rotatable bonds is 5. The van der Waals surface area contributed by atoms with Crippen LogP contribution in [0.2, 0.25) is 0 Å². The molecule has 4 rings (SSSR count). The number of hydrogen-bond acceptors (Lipinski definition) is 6. The Bertz CT molecular complexity index is 1030. The monoisotopic (exact) mass is 330 g/mol. The maximum absolute atomic E-state index is 5.70. The number of nitrogens with zero attached hydrogens (tertiary/aromatic N) is 3. The molecule has 2 aromatic heterocycles. The van der Waals surface area contributed by atoms with Crippen LogP contribution in [0.4, 0.5) is 17.3 Å². The molecule has 25 heavy (non-hydrogen) atoms. The normalized spacial score (nSPS) is 10.9. The lowest BCUT2D eigenvalue weighted by Gasteiger charge is -2.11. The summed E-state index contributed by atoms with van der Waals surface area (Å²) in [4.78, 5) is 12.7. The number of anilines is 3. The maximum Gasteiger partial charge on any atom is 0.166 e. The van der Waals surface area contributed by atoms with E-state index in [2.05, 4.69) is 68.1 Å². The summed E-state index contributed by atoms with van der Waals surface area (Å²) in [7, 11) is 0. The Morgan fingerprint density at radius 3 is 2.60 bits per heavy atom. The maximum atomic E-state index is 5.70. The molecular weight excluding hydrogens is 312 g/mol. The fourth-order valence-corrected chi connectivity index (χ4v) is 2.86. The minimum absolute atomic E-state index is 0.453. The third kappa shape index (κ3) is 3.14. The fraction of sp³-hybridized carbons (Fsp3) is 0.105. The highest BCUT2D eigenvalue weighted by Crippen LogP contribution is 2.23. The molecule has 4 aromatic rings. The number of nitrogen functional groups attached to an aromatic ring is 1. The SMILES string of the molecule is Nc1ccc2c(NCCNc3cccc4ccccc34)ncnc2n1. The Morgan fingerprint density at radius 1 is 0.800 bits per heavy atom. The molecule has 0 aliphatic heterocycles. The topological polar surface area (TPSA) is 88.8 Å². The average Bonchev–Trinajstić information content (AvgIpc) is 2.65. The van der Waals surface area contributed by atoms with Crippen LogP contribution in [0.3, 0.4) is 0 Å². The number of nitrogens with two attached hydrogens (primary N) is 1. The van der Waals surface area contributed by atoms with Crippen molar-refractivity contribution in [2.75, 3.05) is 29.5 Å². The van der Waals surface area contributed by atoms with Crippen LogP contribution in [0, 0.1) is 0 Å². The first-order valence-corrected chi connectivity index (χ1v) is 8.14. The van der Waals surface area contributed by atoms with E-state index < -0.39 is 0 Å². The van der Waals surface area contributed by atoms with Gasteiger partial charge in [-0.3, -0.25) is 0 Å². The van der Waals surface area contributed by atoms with Gasteiger partial charge in [-0.1, -0.05) is 36.4 Å². The zero-order valence-corrected chi connectivity index (χ0v) is 13.6. The molecule has 0 unspecified atom stereocenters. The van der Waals surface area contributed by atoms with Crippen LogP contribution in [-0.4, -0.2) is 28.0 Å². The number of nitrogens with one attached hydrogen (secondary N) is 2. The van der Waals surface area contributed by atoms with E-state index in [1.54, 1.807) is 6.07 Å². The predicted molar refractivity (Wildman–Crippen MR) is 103 cm³/mol. The van der Waals surface area contributed by atoms with Crippen molar-refractivity contribution in [1.29, 1.82) is 0 Å². The van der Waals surface area contributed by atoms with Gasteiger partial charge in [-0.25, -0.2) is 15.0 Å². The second kappa shape index (κ2) is 6.60. The first-order valence-electron chi connectivity index (χ1n) is 8.14. The molecule has 0 atom stereocenters. The van der Waals surface area contributed by atoms with Gasteiger partial charge < -0.3 is 16.4 Å². The molecule has 2 heterocycles. The van der Waals surface area contributed by atoms with E-state index in [9.17, 15) is 0 Å². The van der Waals surface area contributed by atoms with E-state index in [-0.39, 0.29) is 0 Å². The molecule has 0 radical (unpaired) electrons. The number of pyridine rings is 1. The Labute approximate surface area is 145 Å². The summed E-state index contributed by atoms with van der Waals surface area (Å²) in [5.41, 5.74) is 7.43. The summed E-state index contributed by atoms with van der Waals surface area (Å²) < 4.78 is 0. The van der Waals surface area contributed by atoms with Gasteiger partial charge in [0.05, 0.1) is 5.39 Å². The lowest BCUT2D eigenvalue weighted by atomic mass is 10.1. The minimum atomic E-state index is 0.453. The van der Waals surface area contributed by atoms with Gasteiger partial charge >= 0.3 is 0 Å². The van der Waals surface area contributed by atoms with Gasteiger partial charge in [0.15, 0.2) is 5.65 Å². The van der Waals surface area contributed by atoms with Crippen LogP contribution in [0.25, 0.3) is 21.8 Å². The molecule has 0 aliphatic rings. The van der Waals surface area contributed by atoms with E-state index in [4.69, 9.17) is 5.73 Å². The van der Waals surface area contributed by atoms with Crippen molar-refractivity contribution in [3.8, 4) is 0 Å². The van der Waals surface area contributed by atoms with Gasteiger partial charge in [-0.05, 0) is 23.6 Å². The van der Waals surface area contributed by atoms with Crippen molar-refractivity contribution in [2.45, 2.75) is 0 Å². The van der Waals surface area contributed by atoms with Gasteiger partial charge in [0.2, 0.25) is 0 Å². The Hall–Kier alpha value is -3.41. The van der Waals surface area contributed by atoms with Crippen LogP contribution in [0.15, 0.2) is 60.9 Å². The van der Waals surface area contributed by atoms with Crippen molar-refractivity contribution >= 4 is 39.1 Å². The molecule has 4 N–H and O–H groups in total. The molecule has 6 nitrogen and oxygen atoms in total. The standard InChI is InChI=1S/C19H18N6/c20-17-9-8-15-18(23-12-24-19(15)25-17)22-11-10-21-16-7-3-5-13-4-1-2-6-14(13)16/h1-9,12,21H,10-11H2,(H3,20,22,23,24,25). The lowest BCUT2D eigenvalue weighted by molar-refractivity contribution is 1.06. The summed E-state index contributed by atoms with van der Waals surface area (Å²) in [6.45, 7) is 1.49. The summed E-state index contributed by atoms with van der Waals surface area (Å²) in [5.74, 6) is 1.21. The van der Waals surface area contributed by atoms with Gasteiger partial charge in [0.25, 0.3) is 0 Å². The first-order chi connectivity index (χ1) is 12.3. The lowest BCUT2D eigenvalue weighted by Crippen LogP contribution is -2.15. The highest BCUT2D eigenvalue weighted by molar-refractivity contribution is 5.93. The van der Waals surface area contributed by atoms with E-state index in [0.29, 0.717) is 11.5 Å². The van der Waals surface area contributed by atoms with E-state index >= 15 is 0 Å². The van der Waals surface area contributed by atoms with Crippen LogP contribution in [-0.2, 0) is 0 Å². The van der Waals surface area contributed by atoms with Crippen LogP contribution >= 0.6 is 0 Å². The van der Waals surface area contributed by atoms with Gasteiger partial charge in [0, 0.05) is 24.2 Å². The van der Waals surface area contributed by atoms with Crippen molar-refractivity contribution in [1.82, 2.24) is 15.0 Å². The summed E-state index contributed by atoms with van der Waals surface area (Å²) in [6.07, 6.45) is 1.50. The van der Waals surface area contributed by atoms with Crippen molar-refractivity contribution < 1.29 is 0 Å². The molecule has 0 bridgehead atoms. The van der Waals surface area contributed by atoms with Crippen molar-refractivity contribution in [3.63, 3.8) is 0 Å². The molecule has 0 spiro atoms. The van der Waals surface area contributed by atoms with E-state index in [0.717, 1.165) is 30.0 Å². The highest BCUT2D eigenvalue weighted by atomic mass is 15.1. The quantitative estimate of drug-likeness (QED) is 0.487. The number of aromatic nitrogens is 3. The number of benzene rings is 2. The number of fused-ring (bicyclic) bond motifs is 2. The molecule has 0 amide bonds. The first kappa shape index (κ1) is 15.1. The Kier molecular flexibility index (Phi) is 4.00. The largest absolute Gasteiger partial charge is 0.384 e. The van der Waals surface area contributed by atoms with Gasteiger partial charge in [0.1, 0.15) is 18.0 Å². The molecule has 0 aliphatic carbocycles.